The summed E-state index contributed by atoms with van der Waals surface area (Å²) in [5, 5.41) is 12.7. The highest BCUT2D eigenvalue weighted by atomic mass is 35.5. The standard InChI is InChI=1S/C19H19ClN4OS/c1-13-7-3-5-9-15(13)18-22-23-19(24(18)2)26-12-17(25)21-11-14-8-4-6-10-16(14)20/h3-10H,11-12H2,1-2H3,(H,21,25). The maximum absolute atomic E-state index is 12.1. The van der Waals surface area contributed by atoms with E-state index in [1.165, 1.54) is 11.8 Å². The Hall–Kier alpha value is -2.31. The van der Waals surface area contributed by atoms with E-state index in [0.717, 1.165) is 22.5 Å². The number of nitrogens with zero attached hydrogens (tertiary/aromatic N) is 3. The number of benzene rings is 2. The predicted molar refractivity (Wildman–Crippen MR) is 105 cm³/mol. The van der Waals surface area contributed by atoms with Crippen LogP contribution >= 0.6 is 23.4 Å². The number of carbonyl (C=O) groups is 1. The topological polar surface area (TPSA) is 59.8 Å². The van der Waals surface area contributed by atoms with E-state index in [0.29, 0.717) is 16.7 Å². The lowest BCUT2D eigenvalue weighted by Crippen LogP contribution is -2.24. The summed E-state index contributed by atoms with van der Waals surface area (Å²) in [6.07, 6.45) is 0. The number of hydrogen-bond donors (Lipinski definition) is 1. The van der Waals surface area contributed by atoms with Gasteiger partial charge in [0, 0.05) is 24.2 Å². The van der Waals surface area contributed by atoms with E-state index in [-0.39, 0.29) is 11.7 Å². The SMILES string of the molecule is Cc1ccccc1-c1nnc(SCC(=O)NCc2ccccc2Cl)n1C. The molecule has 0 radical (unpaired) electrons. The molecule has 26 heavy (non-hydrogen) atoms. The van der Waals surface area contributed by atoms with Crippen LogP contribution in [0.2, 0.25) is 5.02 Å². The van der Waals surface area contributed by atoms with Crippen LogP contribution in [0.15, 0.2) is 53.7 Å². The van der Waals surface area contributed by atoms with Crippen LogP contribution in [0, 0.1) is 6.92 Å². The monoisotopic (exact) mass is 386 g/mol. The van der Waals surface area contributed by atoms with Gasteiger partial charge in [0.15, 0.2) is 11.0 Å². The molecule has 0 fully saturated rings. The van der Waals surface area contributed by atoms with E-state index in [1.54, 1.807) is 0 Å². The smallest absolute Gasteiger partial charge is 0.230 e. The molecule has 3 rings (SSSR count). The van der Waals surface area contributed by atoms with Gasteiger partial charge in [0.1, 0.15) is 0 Å². The summed E-state index contributed by atoms with van der Waals surface area (Å²) in [5.41, 5.74) is 3.07. The lowest BCUT2D eigenvalue weighted by molar-refractivity contribution is -0.118. The van der Waals surface area contributed by atoms with E-state index in [9.17, 15) is 4.79 Å². The average molecular weight is 387 g/mol. The maximum Gasteiger partial charge on any atom is 0.230 e. The van der Waals surface area contributed by atoms with Crippen LogP contribution in [-0.4, -0.2) is 26.4 Å². The zero-order chi connectivity index (χ0) is 18.5. The fraction of sp³-hybridized carbons (Fsp3) is 0.211. The molecule has 0 aliphatic rings. The van der Waals surface area contributed by atoms with Crippen molar-refractivity contribution in [3.05, 3.63) is 64.7 Å². The average Bonchev–Trinajstić information content (AvgIpc) is 3.00. The third kappa shape index (κ3) is 4.26. The highest BCUT2D eigenvalue weighted by molar-refractivity contribution is 7.99. The molecule has 3 aromatic rings. The number of thioether (sulfide) groups is 1. The summed E-state index contributed by atoms with van der Waals surface area (Å²) in [4.78, 5) is 12.1. The Morgan fingerprint density at radius 1 is 1.15 bits per heavy atom. The molecule has 1 amide bonds. The quantitative estimate of drug-likeness (QED) is 0.653. The molecule has 0 aliphatic heterocycles. The third-order valence-corrected chi connectivity index (χ3v) is 5.38. The number of amides is 1. The number of rotatable bonds is 6. The van der Waals surface area contributed by atoms with Gasteiger partial charge in [-0.25, -0.2) is 0 Å². The fourth-order valence-electron chi connectivity index (χ4n) is 2.52. The second kappa shape index (κ2) is 8.38. The molecule has 0 unspecified atom stereocenters. The van der Waals surface area contributed by atoms with E-state index < -0.39 is 0 Å². The van der Waals surface area contributed by atoms with Gasteiger partial charge in [0.25, 0.3) is 0 Å². The van der Waals surface area contributed by atoms with E-state index in [4.69, 9.17) is 11.6 Å². The largest absolute Gasteiger partial charge is 0.351 e. The first-order valence-corrected chi connectivity index (χ1v) is 9.51. The van der Waals surface area contributed by atoms with Crippen LogP contribution in [0.25, 0.3) is 11.4 Å². The molecule has 0 saturated carbocycles. The first-order valence-electron chi connectivity index (χ1n) is 8.14. The van der Waals surface area contributed by atoms with Crippen molar-refractivity contribution in [2.24, 2.45) is 7.05 Å². The summed E-state index contributed by atoms with van der Waals surface area (Å²) < 4.78 is 1.91. The predicted octanol–water partition coefficient (Wildman–Crippen LogP) is 3.85. The molecule has 5 nitrogen and oxygen atoms in total. The van der Waals surface area contributed by atoms with Gasteiger partial charge in [-0.05, 0) is 24.1 Å². The van der Waals surface area contributed by atoms with Crippen molar-refractivity contribution < 1.29 is 4.79 Å². The number of nitrogens with one attached hydrogen (secondary N) is 1. The van der Waals surface area contributed by atoms with Crippen LogP contribution in [0.3, 0.4) is 0 Å². The number of hydrogen-bond acceptors (Lipinski definition) is 4. The van der Waals surface area contributed by atoms with E-state index in [2.05, 4.69) is 15.5 Å². The highest BCUT2D eigenvalue weighted by Crippen LogP contribution is 2.24. The highest BCUT2D eigenvalue weighted by Gasteiger charge is 2.14. The van der Waals surface area contributed by atoms with Gasteiger partial charge in [-0.2, -0.15) is 0 Å². The van der Waals surface area contributed by atoms with Crippen molar-refractivity contribution in [2.75, 3.05) is 5.75 Å². The number of carbonyl (C=O) groups excluding carboxylic acids is 1. The molecular weight excluding hydrogens is 368 g/mol. The summed E-state index contributed by atoms with van der Waals surface area (Å²) >= 11 is 7.46. The Morgan fingerprint density at radius 3 is 2.65 bits per heavy atom. The Morgan fingerprint density at radius 2 is 1.88 bits per heavy atom. The van der Waals surface area contributed by atoms with Crippen molar-refractivity contribution in [2.45, 2.75) is 18.6 Å². The lowest BCUT2D eigenvalue weighted by atomic mass is 10.1. The Balaban J connectivity index is 1.59. The molecule has 2 aromatic carbocycles. The lowest BCUT2D eigenvalue weighted by Gasteiger charge is -2.07. The van der Waals surface area contributed by atoms with Crippen molar-refractivity contribution in [1.82, 2.24) is 20.1 Å². The zero-order valence-corrected chi connectivity index (χ0v) is 16.1. The fourth-order valence-corrected chi connectivity index (χ4v) is 3.46. The summed E-state index contributed by atoms with van der Waals surface area (Å²) in [6.45, 7) is 2.45. The van der Waals surface area contributed by atoms with Gasteiger partial charge in [0.05, 0.1) is 5.75 Å². The molecule has 0 spiro atoms. The van der Waals surface area contributed by atoms with E-state index >= 15 is 0 Å². The van der Waals surface area contributed by atoms with Crippen LogP contribution in [0.5, 0.6) is 0 Å². The van der Waals surface area contributed by atoms with Crippen molar-refractivity contribution in [3.63, 3.8) is 0 Å². The molecule has 1 aromatic heterocycles. The molecule has 0 saturated heterocycles. The van der Waals surface area contributed by atoms with Gasteiger partial charge in [-0.15, -0.1) is 10.2 Å². The van der Waals surface area contributed by atoms with Crippen molar-refractivity contribution >= 4 is 29.3 Å². The maximum atomic E-state index is 12.1. The number of halogens is 1. The normalized spacial score (nSPS) is 10.7. The molecule has 7 heteroatoms. The molecular formula is C19H19ClN4OS. The van der Waals surface area contributed by atoms with Crippen molar-refractivity contribution in [3.8, 4) is 11.4 Å². The summed E-state index contributed by atoms with van der Waals surface area (Å²) in [6, 6.07) is 15.5. The minimum absolute atomic E-state index is 0.0737. The Bertz CT molecular complexity index is 925. The van der Waals surface area contributed by atoms with Gasteiger partial charge >= 0.3 is 0 Å². The first kappa shape index (κ1) is 18.5. The van der Waals surface area contributed by atoms with E-state index in [1.807, 2.05) is 67.1 Å². The van der Waals surface area contributed by atoms with Crippen molar-refractivity contribution in [1.29, 1.82) is 0 Å². The van der Waals surface area contributed by atoms with Crippen LogP contribution in [0.1, 0.15) is 11.1 Å². The molecule has 1 N–H and O–H groups in total. The molecule has 0 bridgehead atoms. The van der Waals surface area contributed by atoms with Crippen LogP contribution in [0.4, 0.5) is 0 Å². The van der Waals surface area contributed by atoms with Gasteiger partial charge in [-0.3, -0.25) is 4.79 Å². The summed E-state index contributed by atoms with van der Waals surface area (Å²) in [5.74, 6) is 0.988. The molecule has 0 aliphatic carbocycles. The molecule has 134 valence electrons. The zero-order valence-electron chi connectivity index (χ0n) is 14.6. The number of aromatic nitrogens is 3. The molecule has 0 atom stereocenters. The minimum Gasteiger partial charge on any atom is -0.351 e. The van der Waals surface area contributed by atoms with Crippen LogP contribution < -0.4 is 5.32 Å². The Kier molecular flexibility index (Phi) is 5.96. The van der Waals surface area contributed by atoms with Gasteiger partial charge < -0.3 is 9.88 Å². The Labute approximate surface area is 161 Å². The first-order chi connectivity index (χ1) is 12.6. The third-order valence-electron chi connectivity index (χ3n) is 3.99. The second-order valence-electron chi connectivity index (χ2n) is 5.84. The second-order valence-corrected chi connectivity index (χ2v) is 7.19. The summed E-state index contributed by atoms with van der Waals surface area (Å²) in [7, 11) is 1.91. The minimum atomic E-state index is -0.0737. The molecule has 1 heterocycles. The van der Waals surface area contributed by atoms with Crippen LogP contribution in [-0.2, 0) is 18.4 Å². The van der Waals surface area contributed by atoms with Gasteiger partial charge in [-0.1, -0.05) is 65.8 Å². The van der Waals surface area contributed by atoms with Gasteiger partial charge in [0.2, 0.25) is 5.91 Å². The number of aryl methyl sites for hydroxylation is 1.